The van der Waals surface area contributed by atoms with Crippen LogP contribution in [-0.4, -0.2) is 23.0 Å². The van der Waals surface area contributed by atoms with Crippen LogP contribution in [0.5, 0.6) is 0 Å². The van der Waals surface area contributed by atoms with Crippen molar-refractivity contribution in [3.8, 4) is 0 Å². The first-order chi connectivity index (χ1) is 10.1. The maximum Gasteiger partial charge on any atom is 0.306 e. The highest BCUT2D eigenvalue weighted by Crippen LogP contribution is 2.24. The highest BCUT2D eigenvalue weighted by Gasteiger charge is 2.26. The second-order valence-electron chi connectivity index (χ2n) is 5.59. The van der Waals surface area contributed by atoms with Gasteiger partial charge in [0.2, 0.25) is 5.91 Å². The lowest BCUT2D eigenvalue weighted by Gasteiger charge is -2.26. The van der Waals surface area contributed by atoms with Gasteiger partial charge in [-0.1, -0.05) is 24.3 Å². The lowest BCUT2D eigenvalue weighted by atomic mass is 9.86. The van der Waals surface area contributed by atoms with E-state index in [0.717, 1.165) is 24.0 Å². The average Bonchev–Trinajstić information content (AvgIpc) is 2.47. The van der Waals surface area contributed by atoms with Crippen molar-refractivity contribution in [1.29, 1.82) is 0 Å². The van der Waals surface area contributed by atoms with Crippen LogP contribution in [0.2, 0.25) is 0 Å². The average molecular weight is 287 g/mol. The minimum absolute atomic E-state index is 0.0922. The zero-order valence-electron chi connectivity index (χ0n) is 12.2. The van der Waals surface area contributed by atoms with Gasteiger partial charge in [-0.25, -0.2) is 0 Å². The maximum atomic E-state index is 11.9. The van der Waals surface area contributed by atoms with E-state index in [9.17, 15) is 9.59 Å². The molecule has 1 fully saturated rings. The van der Waals surface area contributed by atoms with E-state index in [4.69, 9.17) is 5.11 Å². The van der Waals surface area contributed by atoms with Crippen molar-refractivity contribution in [3.63, 3.8) is 0 Å². The van der Waals surface area contributed by atoms with Gasteiger partial charge >= 0.3 is 5.97 Å². The molecule has 4 nitrogen and oxygen atoms in total. The van der Waals surface area contributed by atoms with E-state index in [2.05, 4.69) is 5.32 Å². The lowest BCUT2D eigenvalue weighted by Crippen LogP contribution is -2.37. The van der Waals surface area contributed by atoms with Gasteiger partial charge in [-0.2, -0.15) is 0 Å². The van der Waals surface area contributed by atoms with Crippen molar-refractivity contribution in [2.75, 3.05) is 0 Å². The molecule has 0 unspecified atom stereocenters. The first-order valence-electron chi connectivity index (χ1n) is 7.33. The van der Waals surface area contributed by atoms with Gasteiger partial charge in [-0.05, 0) is 49.8 Å². The van der Waals surface area contributed by atoms with Crippen molar-refractivity contribution < 1.29 is 14.7 Å². The Morgan fingerprint density at radius 2 is 1.86 bits per heavy atom. The summed E-state index contributed by atoms with van der Waals surface area (Å²) in [6.45, 7) is 2.00. The van der Waals surface area contributed by atoms with Gasteiger partial charge in [-0.15, -0.1) is 0 Å². The minimum Gasteiger partial charge on any atom is -0.481 e. The van der Waals surface area contributed by atoms with Crippen LogP contribution in [0.15, 0.2) is 30.3 Å². The molecule has 112 valence electrons. The molecule has 1 amide bonds. The molecule has 0 heterocycles. The van der Waals surface area contributed by atoms with E-state index in [1.807, 2.05) is 37.3 Å². The smallest absolute Gasteiger partial charge is 0.306 e. The monoisotopic (exact) mass is 287 g/mol. The van der Waals surface area contributed by atoms with E-state index in [0.29, 0.717) is 12.8 Å². The third kappa shape index (κ3) is 4.45. The molecule has 1 aromatic rings. The molecule has 1 saturated carbocycles. The van der Waals surface area contributed by atoms with Crippen LogP contribution in [0.3, 0.4) is 0 Å². The SMILES string of the molecule is Cc1ccccc1/C=C/C(=O)NC1CCC(C(=O)O)CC1. The van der Waals surface area contributed by atoms with Crippen LogP contribution >= 0.6 is 0 Å². The van der Waals surface area contributed by atoms with Crippen LogP contribution in [-0.2, 0) is 9.59 Å². The number of benzene rings is 1. The van der Waals surface area contributed by atoms with Gasteiger partial charge in [0.15, 0.2) is 0 Å². The number of hydrogen-bond donors (Lipinski definition) is 2. The second-order valence-corrected chi connectivity index (χ2v) is 5.59. The molecule has 0 spiro atoms. The van der Waals surface area contributed by atoms with Gasteiger partial charge < -0.3 is 10.4 Å². The van der Waals surface area contributed by atoms with Gasteiger partial charge in [0.25, 0.3) is 0 Å². The maximum absolute atomic E-state index is 11.9. The van der Waals surface area contributed by atoms with Crippen molar-refractivity contribution in [2.24, 2.45) is 5.92 Å². The third-order valence-corrected chi connectivity index (χ3v) is 4.03. The topological polar surface area (TPSA) is 66.4 Å². The number of aliphatic carboxylic acids is 1. The number of aryl methyl sites for hydroxylation is 1. The number of carboxylic acids is 1. The molecule has 0 aromatic heterocycles. The van der Waals surface area contributed by atoms with E-state index in [-0.39, 0.29) is 17.9 Å². The highest BCUT2D eigenvalue weighted by molar-refractivity contribution is 5.92. The Labute approximate surface area is 124 Å². The summed E-state index contributed by atoms with van der Waals surface area (Å²) in [6, 6.07) is 7.97. The lowest BCUT2D eigenvalue weighted by molar-refractivity contribution is -0.142. The summed E-state index contributed by atoms with van der Waals surface area (Å²) in [7, 11) is 0. The standard InChI is InChI=1S/C17H21NO3/c1-12-4-2-3-5-13(12)8-11-16(19)18-15-9-6-14(7-10-15)17(20)21/h2-5,8,11,14-15H,6-7,9-10H2,1H3,(H,18,19)(H,20,21)/b11-8+. The minimum atomic E-state index is -0.723. The predicted octanol–water partition coefficient (Wildman–Crippen LogP) is 2.77. The summed E-state index contributed by atoms with van der Waals surface area (Å²) in [4.78, 5) is 22.8. The van der Waals surface area contributed by atoms with E-state index < -0.39 is 5.97 Å². The Kier molecular flexibility index (Phi) is 5.14. The van der Waals surface area contributed by atoms with Crippen LogP contribution in [0, 0.1) is 12.8 Å². The molecular weight excluding hydrogens is 266 g/mol. The Balaban J connectivity index is 1.83. The van der Waals surface area contributed by atoms with Crippen LogP contribution in [0.25, 0.3) is 6.08 Å². The summed E-state index contributed by atoms with van der Waals surface area (Å²) in [5, 5.41) is 11.9. The Morgan fingerprint density at radius 3 is 2.48 bits per heavy atom. The molecule has 2 N–H and O–H groups in total. The first-order valence-corrected chi connectivity index (χ1v) is 7.33. The predicted molar refractivity (Wildman–Crippen MR) is 81.7 cm³/mol. The summed E-state index contributed by atoms with van der Waals surface area (Å²) >= 11 is 0. The molecule has 0 radical (unpaired) electrons. The largest absolute Gasteiger partial charge is 0.481 e. The number of nitrogens with one attached hydrogen (secondary N) is 1. The van der Waals surface area contributed by atoms with Gasteiger partial charge in [0, 0.05) is 12.1 Å². The summed E-state index contributed by atoms with van der Waals surface area (Å²) in [6.07, 6.45) is 6.12. The quantitative estimate of drug-likeness (QED) is 0.837. The Morgan fingerprint density at radius 1 is 1.19 bits per heavy atom. The van der Waals surface area contributed by atoms with E-state index in [1.54, 1.807) is 6.08 Å². The van der Waals surface area contributed by atoms with Gasteiger partial charge in [0.1, 0.15) is 0 Å². The summed E-state index contributed by atoms with van der Waals surface area (Å²) < 4.78 is 0. The molecule has 0 bridgehead atoms. The molecule has 0 saturated heterocycles. The molecule has 21 heavy (non-hydrogen) atoms. The highest BCUT2D eigenvalue weighted by atomic mass is 16.4. The van der Waals surface area contributed by atoms with Gasteiger partial charge in [-0.3, -0.25) is 9.59 Å². The van der Waals surface area contributed by atoms with Crippen molar-refractivity contribution in [2.45, 2.75) is 38.6 Å². The van der Waals surface area contributed by atoms with Crippen molar-refractivity contribution in [1.82, 2.24) is 5.32 Å². The first kappa shape index (κ1) is 15.3. The van der Waals surface area contributed by atoms with Crippen molar-refractivity contribution in [3.05, 3.63) is 41.5 Å². The fourth-order valence-electron chi connectivity index (χ4n) is 2.67. The van der Waals surface area contributed by atoms with Crippen molar-refractivity contribution >= 4 is 18.0 Å². The number of carbonyl (C=O) groups excluding carboxylic acids is 1. The number of carboxylic acid groups (broad SMARTS) is 1. The second kappa shape index (κ2) is 7.07. The van der Waals surface area contributed by atoms with Gasteiger partial charge in [0.05, 0.1) is 5.92 Å². The molecule has 1 aliphatic rings. The molecule has 0 atom stereocenters. The molecule has 2 rings (SSSR count). The molecular formula is C17H21NO3. The molecule has 4 heteroatoms. The fourth-order valence-corrected chi connectivity index (χ4v) is 2.67. The summed E-state index contributed by atoms with van der Waals surface area (Å²) in [5.74, 6) is -1.09. The van der Waals surface area contributed by atoms with E-state index >= 15 is 0 Å². The molecule has 1 aliphatic carbocycles. The molecule has 0 aliphatic heterocycles. The number of carbonyl (C=O) groups is 2. The number of rotatable bonds is 4. The molecule has 1 aromatic carbocycles. The Bertz CT molecular complexity index is 543. The summed E-state index contributed by atoms with van der Waals surface area (Å²) in [5.41, 5.74) is 2.16. The Hall–Kier alpha value is -2.10. The third-order valence-electron chi connectivity index (χ3n) is 4.03. The van der Waals surface area contributed by atoms with E-state index in [1.165, 1.54) is 0 Å². The number of amides is 1. The zero-order chi connectivity index (χ0) is 15.2. The van der Waals surface area contributed by atoms with Crippen LogP contribution in [0.1, 0.15) is 36.8 Å². The van der Waals surface area contributed by atoms with Crippen LogP contribution in [0.4, 0.5) is 0 Å². The normalized spacial score (nSPS) is 22.1. The zero-order valence-corrected chi connectivity index (χ0v) is 12.2. The van der Waals surface area contributed by atoms with Crippen LogP contribution < -0.4 is 5.32 Å². The fraction of sp³-hybridized carbons (Fsp3) is 0.412. The number of hydrogen-bond acceptors (Lipinski definition) is 2.